The lowest BCUT2D eigenvalue weighted by Gasteiger charge is -2.10. The normalized spacial score (nSPS) is 15.3. The van der Waals surface area contributed by atoms with Gasteiger partial charge in [-0.15, -0.1) is 0 Å². The van der Waals surface area contributed by atoms with Crippen LogP contribution in [0.5, 0.6) is 0 Å². The second kappa shape index (κ2) is 3.88. The largest absolute Gasteiger partial charge is 0.391 e. The molecule has 2 rings (SSSR count). The van der Waals surface area contributed by atoms with Crippen LogP contribution in [0, 0.1) is 13.8 Å². The quantitative estimate of drug-likeness (QED) is 0.717. The van der Waals surface area contributed by atoms with Crippen molar-refractivity contribution in [2.24, 2.45) is 5.73 Å². The minimum absolute atomic E-state index is 0.465. The Kier molecular flexibility index (Phi) is 2.69. The molecule has 86 valence electrons. The smallest absolute Gasteiger partial charge is 0.126 e. The summed E-state index contributed by atoms with van der Waals surface area (Å²) in [7, 11) is 0. The molecule has 1 aromatic heterocycles. The van der Waals surface area contributed by atoms with E-state index in [1.807, 2.05) is 6.07 Å². The maximum absolute atomic E-state index is 9.42. The molecule has 1 heterocycles. The van der Waals surface area contributed by atoms with Crippen LogP contribution in [-0.2, 0) is 0 Å². The molecule has 2 aromatic rings. The fraction of sp³-hybridized carbons (Fsp3) is 0.417. The van der Waals surface area contributed by atoms with Gasteiger partial charge in [-0.1, -0.05) is 0 Å². The molecule has 0 fully saturated rings. The van der Waals surface area contributed by atoms with Gasteiger partial charge in [-0.05, 0) is 44.0 Å². The van der Waals surface area contributed by atoms with Gasteiger partial charge in [-0.2, -0.15) is 0 Å². The Balaban J connectivity index is 2.52. The maximum Gasteiger partial charge on any atom is 0.126 e. The molecule has 0 amide bonds. The molecule has 2 unspecified atom stereocenters. The second-order valence-electron chi connectivity index (χ2n) is 4.34. The molecule has 0 bridgehead atoms. The average Bonchev–Trinajstić information content (AvgIpc) is 2.60. The van der Waals surface area contributed by atoms with Crippen LogP contribution in [-0.4, -0.2) is 21.2 Å². The van der Waals surface area contributed by atoms with Crippen LogP contribution in [0.2, 0.25) is 0 Å². The van der Waals surface area contributed by atoms with E-state index in [4.69, 9.17) is 5.73 Å². The second-order valence-corrected chi connectivity index (χ2v) is 4.34. The van der Waals surface area contributed by atoms with E-state index in [1.165, 1.54) is 11.1 Å². The third-order valence-electron chi connectivity index (χ3n) is 2.95. The number of aliphatic hydroxyl groups excluding tert-OH is 1. The topological polar surface area (TPSA) is 74.9 Å². The minimum Gasteiger partial charge on any atom is -0.391 e. The highest BCUT2D eigenvalue weighted by atomic mass is 16.3. The van der Waals surface area contributed by atoms with Crippen molar-refractivity contribution in [2.45, 2.75) is 32.9 Å². The number of rotatable bonds is 2. The highest BCUT2D eigenvalue weighted by molar-refractivity contribution is 5.77. The molecule has 0 aliphatic heterocycles. The van der Waals surface area contributed by atoms with Crippen LogP contribution in [0.4, 0.5) is 0 Å². The molecule has 2 atom stereocenters. The summed E-state index contributed by atoms with van der Waals surface area (Å²) in [6, 6.07) is 3.61. The number of nitrogens with zero attached hydrogens (tertiary/aromatic N) is 1. The van der Waals surface area contributed by atoms with E-state index >= 15 is 0 Å². The SMILES string of the molecule is Cc1cc2nc(C(N)C(C)O)[nH]c2cc1C. The number of imidazole rings is 1. The summed E-state index contributed by atoms with van der Waals surface area (Å²) in [4.78, 5) is 7.54. The van der Waals surface area contributed by atoms with Crippen LogP contribution in [0.25, 0.3) is 11.0 Å². The zero-order chi connectivity index (χ0) is 11.9. The zero-order valence-corrected chi connectivity index (χ0v) is 9.78. The van der Waals surface area contributed by atoms with E-state index in [0.29, 0.717) is 5.82 Å². The van der Waals surface area contributed by atoms with Gasteiger partial charge in [0.05, 0.1) is 23.2 Å². The van der Waals surface area contributed by atoms with Crippen molar-refractivity contribution in [2.75, 3.05) is 0 Å². The predicted octanol–water partition coefficient (Wildman–Crippen LogP) is 1.56. The van der Waals surface area contributed by atoms with Gasteiger partial charge < -0.3 is 15.8 Å². The Morgan fingerprint density at radius 1 is 1.31 bits per heavy atom. The molecule has 4 nitrogen and oxygen atoms in total. The van der Waals surface area contributed by atoms with Crippen LogP contribution >= 0.6 is 0 Å². The summed E-state index contributed by atoms with van der Waals surface area (Å²) in [5.74, 6) is 0.634. The predicted molar refractivity (Wildman–Crippen MR) is 64.2 cm³/mol. The van der Waals surface area contributed by atoms with E-state index in [-0.39, 0.29) is 0 Å². The highest BCUT2D eigenvalue weighted by Gasteiger charge is 2.16. The first-order valence-corrected chi connectivity index (χ1v) is 5.39. The third-order valence-corrected chi connectivity index (χ3v) is 2.95. The number of nitrogens with one attached hydrogen (secondary N) is 1. The van der Waals surface area contributed by atoms with Crippen molar-refractivity contribution in [1.29, 1.82) is 0 Å². The Labute approximate surface area is 94.5 Å². The van der Waals surface area contributed by atoms with Crippen molar-refractivity contribution < 1.29 is 5.11 Å². The first kappa shape index (κ1) is 11.1. The van der Waals surface area contributed by atoms with Crippen molar-refractivity contribution >= 4 is 11.0 Å². The van der Waals surface area contributed by atoms with Gasteiger partial charge in [-0.25, -0.2) is 4.98 Å². The third kappa shape index (κ3) is 1.81. The summed E-state index contributed by atoms with van der Waals surface area (Å²) in [5.41, 5.74) is 10.1. The lowest BCUT2D eigenvalue weighted by Crippen LogP contribution is -2.24. The first-order chi connectivity index (χ1) is 7.49. The van der Waals surface area contributed by atoms with Gasteiger partial charge in [0.1, 0.15) is 5.82 Å². The fourth-order valence-electron chi connectivity index (χ4n) is 1.68. The number of aromatic nitrogens is 2. The monoisotopic (exact) mass is 219 g/mol. The Bertz CT molecular complexity index is 477. The number of nitrogens with two attached hydrogens (primary N) is 1. The van der Waals surface area contributed by atoms with Gasteiger partial charge >= 0.3 is 0 Å². The number of fused-ring (bicyclic) bond motifs is 1. The number of benzene rings is 1. The summed E-state index contributed by atoms with van der Waals surface area (Å²) in [6.07, 6.45) is -0.609. The van der Waals surface area contributed by atoms with Crippen molar-refractivity contribution in [3.63, 3.8) is 0 Å². The molecule has 0 saturated carbocycles. The number of hydrogen-bond acceptors (Lipinski definition) is 3. The molecule has 0 radical (unpaired) electrons. The van der Waals surface area contributed by atoms with Crippen LogP contribution in [0.3, 0.4) is 0 Å². The summed E-state index contributed by atoms with van der Waals surface area (Å²) >= 11 is 0. The standard InChI is InChI=1S/C12H17N3O/c1-6-4-9-10(5-7(6)2)15-12(14-9)11(13)8(3)16/h4-5,8,11,16H,13H2,1-3H3,(H,14,15). The lowest BCUT2D eigenvalue weighted by molar-refractivity contribution is 0.161. The minimum atomic E-state index is -0.609. The van der Waals surface area contributed by atoms with E-state index in [0.717, 1.165) is 11.0 Å². The zero-order valence-electron chi connectivity index (χ0n) is 9.78. The number of hydrogen-bond donors (Lipinski definition) is 3. The van der Waals surface area contributed by atoms with E-state index < -0.39 is 12.1 Å². The van der Waals surface area contributed by atoms with E-state index in [9.17, 15) is 5.11 Å². The summed E-state index contributed by atoms with van der Waals surface area (Å²) < 4.78 is 0. The molecule has 0 aliphatic rings. The molecule has 0 aliphatic carbocycles. The molecular formula is C12H17N3O. The Hall–Kier alpha value is -1.39. The van der Waals surface area contributed by atoms with Gasteiger partial charge in [-0.3, -0.25) is 0 Å². The van der Waals surface area contributed by atoms with Crippen molar-refractivity contribution in [1.82, 2.24) is 9.97 Å². The molecule has 4 N–H and O–H groups in total. The number of aryl methyl sites for hydroxylation is 2. The van der Waals surface area contributed by atoms with Crippen LogP contribution in [0.1, 0.15) is 29.9 Å². The Morgan fingerprint density at radius 3 is 2.56 bits per heavy atom. The van der Waals surface area contributed by atoms with Gasteiger partial charge in [0, 0.05) is 0 Å². The first-order valence-electron chi connectivity index (χ1n) is 5.39. The molecule has 4 heteroatoms. The fourth-order valence-corrected chi connectivity index (χ4v) is 1.68. The maximum atomic E-state index is 9.42. The highest BCUT2D eigenvalue weighted by Crippen LogP contribution is 2.20. The Morgan fingerprint density at radius 2 is 1.94 bits per heavy atom. The number of aromatic amines is 1. The summed E-state index contributed by atoms with van der Waals surface area (Å²) in [5, 5.41) is 9.42. The van der Waals surface area contributed by atoms with Gasteiger partial charge in [0.15, 0.2) is 0 Å². The lowest BCUT2D eigenvalue weighted by atomic mass is 10.1. The van der Waals surface area contributed by atoms with Gasteiger partial charge in [0.25, 0.3) is 0 Å². The van der Waals surface area contributed by atoms with Crippen LogP contribution < -0.4 is 5.73 Å². The number of H-pyrrole nitrogens is 1. The molecular weight excluding hydrogens is 202 g/mol. The molecule has 16 heavy (non-hydrogen) atoms. The van der Waals surface area contributed by atoms with E-state index in [1.54, 1.807) is 6.92 Å². The van der Waals surface area contributed by atoms with Crippen molar-refractivity contribution in [3.05, 3.63) is 29.1 Å². The average molecular weight is 219 g/mol. The number of aliphatic hydroxyl groups is 1. The van der Waals surface area contributed by atoms with Crippen LogP contribution in [0.15, 0.2) is 12.1 Å². The van der Waals surface area contributed by atoms with Crippen molar-refractivity contribution in [3.8, 4) is 0 Å². The van der Waals surface area contributed by atoms with E-state index in [2.05, 4.69) is 29.9 Å². The molecule has 0 saturated heterocycles. The molecule has 0 spiro atoms. The van der Waals surface area contributed by atoms with Gasteiger partial charge in [0.2, 0.25) is 0 Å². The summed E-state index contributed by atoms with van der Waals surface area (Å²) in [6.45, 7) is 5.77. The molecule has 1 aromatic carbocycles.